The van der Waals surface area contributed by atoms with Crippen LogP contribution in [-0.2, 0) is 9.53 Å². The van der Waals surface area contributed by atoms with Crippen LogP contribution >= 0.6 is 0 Å². The lowest BCUT2D eigenvalue weighted by atomic mass is 10.2. The summed E-state index contributed by atoms with van der Waals surface area (Å²) in [4.78, 5) is 24.5. The lowest BCUT2D eigenvalue weighted by molar-refractivity contribution is -0.116. The Hall–Kier alpha value is -2.24. The van der Waals surface area contributed by atoms with Gasteiger partial charge in [-0.2, -0.15) is 0 Å². The Morgan fingerprint density at radius 3 is 2.89 bits per heavy atom. The van der Waals surface area contributed by atoms with E-state index in [-0.39, 0.29) is 12.0 Å². The molecule has 102 valence electrons. The quantitative estimate of drug-likeness (QED) is 0.787. The fourth-order valence-corrected chi connectivity index (χ4v) is 1.88. The maximum atomic E-state index is 11.7. The first kappa shape index (κ1) is 13.2. The minimum Gasteiger partial charge on any atom is -0.448 e. The first-order valence-electron chi connectivity index (χ1n) is 6.23. The van der Waals surface area contributed by atoms with Gasteiger partial charge in [-0.3, -0.25) is 4.79 Å². The number of anilines is 2. The summed E-state index contributed by atoms with van der Waals surface area (Å²) in [6, 6.07) is 7.11. The number of benzene rings is 1. The summed E-state index contributed by atoms with van der Waals surface area (Å²) in [6.07, 6.45) is 0.652. The molecule has 0 aromatic heterocycles. The van der Waals surface area contributed by atoms with Crippen molar-refractivity contribution in [3.05, 3.63) is 24.3 Å². The van der Waals surface area contributed by atoms with Crippen molar-refractivity contribution in [2.24, 2.45) is 0 Å². The van der Waals surface area contributed by atoms with Crippen LogP contribution in [0.3, 0.4) is 0 Å². The number of amides is 2. The molecular formula is C13H17N3O3. The fraction of sp³-hybridized carbons (Fsp3) is 0.385. The van der Waals surface area contributed by atoms with Crippen LogP contribution < -0.4 is 11.1 Å². The Morgan fingerprint density at radius 1 is 1.42 bits per heavy atom. The van der Waals surface area contributed by atoms with Gasteiger partial charge in [0.25, 0.3) is 0 Å². The summed E-state index contributed by atoms with van der Waals surface area (Å²) < 4.78 is 4.80. The Balaban J connectivity index is 1.73. The standard InChI is InChI=1S/C13H17N3O3/c14-10-4-1-2-5-11(10)15-12(17)6-3-7-16-8-9-19-13(16)18/h1-2,4-5H,3,6-9,14H2,(H,15,17). The van der Waals surface area contributed by atoms with Crippen LogP contribution in [0.1, 0.15) is 12.8 Å². The van der Waals surface area contributed by atoms with Crippen LogP contribution in [0.4, 0.5) is 16.2 Å². The number of nitrogens with zero attached hydrogens (tertiary/aromatic N) is 1. The Bertz CT molecular complexity index is 476. The molecule has 1 aromatic carbocycles. The molecule has 3 N–H and O–H groups in total. The number of carbonyl (C=O) groups excluding carboxylic acids is 2. The van der Waals surface area contributed by atoms with Gasteiger partial charge in [0.2, 0.25) is 5.91 Å². The van der Waals surface area contributed by atoms with E-state index in [2.05, 4.69) is 5.32 Å². The average Bonchev–Trinajstić information content (AvgIpc) is 2.78. The van der Waals surface area contributed by atoms with E-state index in [0.717, 1.165) is 0 Å². The number of nitrogen functional groups attached to an aromatic ring is 1. The van der Waals surface area contributed by atoms with Crippen molar-refractivity contribution in [2.75, 3.05) is 30.7 Å². The molecule has 1 heterocycles. The fourth-order valence-electron chi connectivity index (χ4n) is 1.88. The molecule has 1 fully saturated rings. The van der Waals surface area contributed by atoms with Crippen LogP contribution in [0.25, 0.3) is 0 Å². The highest BCUT2D eigenvalue weighted by molar-refractivity contribution is 5.93. The van der Waals surface area contributed by atoms with Gasteiger partial charge in [0.15, 0.2) is 0 Å². The Kier molecular flexibility index (Phi) is 4.22. The molecule has 2 amide bonds. The normalized spacial score (nSPS) is 14.3. The summed E-state index contributed by atoms with van der Waals surface area (Å²) in [5.41, 5.74) is 6.89. The second-order valence-corrected chi connectivity index (χ2v) is 4.34. The van der Waals surface area contributed by atoms with Crippen LogP contribution in [-0.4, -0.2) is 36.6 Å². The number of rotatable bonds is 5. The molecule has 0 spiro atoms. The largest absolute Gasteiger partial charge is 0.448 e. The monoisotopic (exact) mass is 263 g/mol. The number of hydrogen-bond donors (Lipinski definition) is 2. The zero-order valence-corrected chi connectivity index (χ0v) is 10.6. The zero-order valence-electron chi connectivity index (χ0n) is 10.6. The zero-order chi connectivity index (χ0) is 13.7. The highest BCUT2D eigenvalue weighted by Crippen LogP contribution is 2.17. The van der Waals surface area contributed by atoms with Crippen LogP contribution in [0, 0.1) is 0 Å². The van der Waals surface area contributed by atoms with Gasteiger partial charge in [0.05, 0.1) is 17.9 Å². The van der Waals surface area contributed by atoms with Crippen molar-refractivity contribution >= 4 is 23.4 Å². The maximum absolute atomic E-state index is 11.7. The number of hydrogen-bond acceptors (Lipinski definition) is 4. The van der Waals surface area contributed by atoms with Crippen molar-refractivity contribution in [1.29, 1.82) is 0 Å². The van der Waals surface area contributed by atoms with E-state index in [4.69, 9.17) is 10.5 Å². The average molecular weight is 263 g/mol. The van der Waals surface area contributed by atoms with E-state index >= 15 is 0 Å². The van der Waals surface area contributed by atoms with Gasteiger partial charge in [-0.1, -0.05) is 12.1 Å². The molecule has 0 aliphatic carbocycles. The molecule has 1 aliphatic rings. The molecule has 0 radical (unpaired) electrons. The van der Waals surface area contributed by atoms with E-state index in [0.29, 0.717) is 43.9 Å². The minimum atomic E-state index is -0.298. The van der Waals surface area contributed by atoms with Gasteiger partial charge in [0, 0.05) is 13.0 Å². The number of nitrogens with one attached hydrogen (secondary N) is 1. The van der Waals surface area contributed by atoms with E-state index in [1.165, 1.54) is 0 Å². The van der Waals surface area contributed by atoms with Crippen molar-refractivity contribution in [1.82, 2.24) is 4.90 Å². The third-order valence-corrected chi connectivity index (χ3v) is 2.91. The second kappa shape index (κ2) is 6.08. The smallest absolute Gasteiger partial charge is 0.409 e. The summed E-state index contributed by atoms with van der Waals surface area (Å²) in [5.74, 6) is -0.106. The van der Waals surface area contributed by atoms with E-state index in [9.17, 15) is 9.59 Å². The van der Waals surface area contributed by atoms with Crippen molar-refractivity contribution < 1.29 is 14.3 Å². The third kappa shape index (κ3) is 3.61. The van der Waals surface area contributed by atoms with E-state index in [1.54, 1.807) is 17.0 Å². The number of ether oxygens (including phenoxy) is 1. The highest BCUT2D eigenvalue weighted by Gasteiger charge is 2.21. The molecule has 0 unspecified atom stereocenters. The molecule has 0 bridgehead atoms. The van der Waals surface area contributed by atoms with Crippen molar-refractivity contribution in [3.63, 3.8) is 0 Å². The maximum Gasteiger partial charge on any atom is 0.409 e. The predicted octanol–water partition coefficient (Wildman–Crippen LogP) is 1.44. The number of nitrogens with two attached hydrogens (primary N) is 1. The van der Waals surface area contributed by atoms with Crippen molar-refractivity contribution in [3.8, 4) is 0 Å². The van der Waals surface area contributed by atoms with Crippen LogP contribution in [0.5, 0.6) is 0 Å². The van der Waals surface area contributed by atoms with E-state index in [1.807, 2.05) is 12.1 Å². The highest BCUT2D eigenvalue weighted by atomic mass is 16.6. The molecule has 1 saturated heterocycles. The number of carbonyl (C=O) groups is 2. The first-order chi connectivity index (χ1) is 9.16. The van der Waals surface area contributed by atoms with Gasteiger partial charge in [0.1, 0.15) is 6.61 Å². The third-order valence-electron chi connectivity index (χ3n) is 2.91. The molecule has 2 rings (SSSR count). The predicted molar refractivity (Wildman–Crippen MR) is 71.6 cm³/mol. The Labute approximate surface area is 111 Å². The van der Waals surface area contributed by atoms with E-state index < -0.39 is 0 Å². The number of para-hydroxylation sites is 2. The molecular weight excluding hydrogens is 246 g/mol. The summed E-state index contributed by atoms with van der Waals surface area (Å²) >= 11 is 0. The Morgan fingerprint density at radius 2 is 2.21 bits per heavy atom. The topological polar surface area (TPSA) is 84.7 Å². The molecule has 6 nitrogen and oxygen atoms in total. The number of cyclic esters (lactones) is 1. The van der Waals surface area contributed by atoms with Gasteiger partial charge in [-0.15, -0.1) is 0 Å². The summed E-state index contributed by atoms with van der Waals surface area (Å²) in [5, 5.41) is 2.75. The summed E-state index contributed by atoms with van der Waals surface area (Å²) in [6.45, 7) is 1.58. The lowest BCUT2D eigenvalue weighted by Crippen LogP contribution is -2.26. The van der Waals surface area contributed by atoms with Crippen LogP contribution in [0.2, 0.25) is 0 Å². The minimum absolute atomic E-state index is 0.106. The lowest BCUT2D eigenvalue weighted by Gasteiger charge is -2.12. The van der Waals surface area contributed by atoms with Gasteiger partial charge < -0.3 is 20.7 Å². The molecule has 6 heteroatoms. The molecule has 0 atom stereocenters. The molecule has 1 aliphatic heterocycles. The second-order valence-electron chi connectivity index (χ2n) is 4.34. The summed E-state index contributed by atoms with van der Waals surface area (Å²) in [7, 11) is 0. The molecule has 1 aromatic rings. The van der Waals surface area contributed by atoms with Crippen molar-refractivity contribution in [2.45, 2.75) is 12.8 Å². The SMILES string of the molecule is Nc1ccccc1NC(=O)CCCN1CCOC1=O. The first-order valence-corrected chi connectivity index (χ1v) is 6.23. The van der Waals surface area contributed by atoms with Gasteiger partial charge in [-0.25, -0.2) is 4.79 Å². The van der Waals surface area contributed by atoms with Crippen LogP contribution in [0.15, 0.2) is 24.3 Å². The van der Waals surface area contributed by atoms with Gasteiger partial charge in [-0.05, 0) is 18.6 Å². The molecule has 19 heavy (non-hydrogen) atoms. The van der Waals surface area contributed by atoms with Gasteiger partial charge >= 0.3 is 6.09 Å². The molecule has 0 saturated carbocycles.